The van der Waals surface area contributed by atoms with Crippen LogP contribution >= 0.6 is 0 Å². The van der Waals surface area contributed by atoms with E-state index in [1.165, 1.54) is 0 Å². The summed E-state index contributed by atoms with van der Waals surface area (Å²) >= 11 is 0. The largest absolute Gasteiger partial charge is 0.378 e. The fourth-order valence-corrected chi connectivity index (χ4v) is 3.17. The Morgan fingerprint density at radius 1 is 0.920 bits per heavy atom. The van der Waals surface area contributed by atoms with Crippen molar-refractivity contribution in [1.82, 2.24) is 0 Å². The standard InChI is InChI=1S/C22H21N3/c1-15-12-20-21(13-16(15)2)25(17-8-6-5-7-9-17)22-14-18(24(3)4)10-11-19(22)23-20/h5-14H,2H2,1,3-4H3. The molecule has 3 aromatic rings. The van der Waals surface area contributed by atoms with Crippen LogP contribution in [0.15, 0.2) is 65.7 Å². The fourth-order valence-electron chi connectivity index (χ4n) is 3.17. The summed E-state index contributed by atoms with van der Waals surface area (Å²) in [6.45, 7) is 6.26. The van der Waals surface area contributed by atoms with Gasteiger partial charge in [0.25, 0.3) is 0 Å². The van der Waals surface area contributed by atoms with Gasteiger partial charge in [-0.3, -0.25) is 0 Å². The molecule has 1 aliphatic rings. The van der Waals surface area contributed by atoms with Crippen LogP contribution in [0.3, 0.4) is 0 Å². The van der Waals surface area contributed by atoms with Crippen LogP contribution < -0.4 is 20.4 Å². The maximum absolute atomic E-state index is 4.90. The van der Waals surface area contributed by atoms with Gasteiger partial charge in [-0.15, -0.1) is 0 Å². The summed E-state index contributed by atoms with van der Waals surface area (Å²) in [6, 6.07) is 21.1. The van der Waals surface area contributed by atoms with Crippen LogP contribution in [0, 0.1) is 6.92 Å². The second-order valence-corrected chi connectivity index (χ2v) is 6.62. The minimum atomic E-state index is 0.984. The predicted octanol–water partition coefficient (Wildman–Crippen LogP) is 4.21. The first-order valence-corrected chi connectivity index (χ1v) is 8.39. The van der Waals surface area contributed by atoms with Crippen LogP contribution in [0.5, 0.6) is 0 Å². The molecule has 0 fully saturated rings. The molecule has 3 aromatic carbocycles. The van der Waals surface area contributed by atoms with E-state index in [0.29, 0.717) is 0 Å². The third kappa shape index (κ3) is 2.58. The summed E-state index contributed by atoms with van der Waals surface area (Å²) in [5, 5.41) is 2.01. The van der Waals surface area contributed by atoms with Gasteiger partial charge in [0.1, 0.15) is 0 Å². The van der Waals surface area contributed by atoms with Gasteiger partial charge in [0, 0.05) is 25.5 Å². The first-order valence-electron chi connectivity index (χ1n) is 8.39. The Hall–Kier alpha value is -3.07. The normalized spacial score (nSPS) is 12.2. The van der Waals surface area contributed by atoms with Gasteiger partial charge < -0.3 is 9.80 Å². The third-order valence-electron chi connectivity index (χ3n) is 4.65. The van der Waals surface area contributed by atoms with Gasteiger partial charge in [-0.2, -0.15) is 0 Å². The lowest BCUT2D eigenvalue weighted by Gasteiger charge is -2.30. The smallest absolute Gasteiger partial charge is 0.0881 e. The first kappa shape index (κ1) is 15.5. The molecule has 25 heavy (non-hydrogen) atoms. The molecule has 0 radical (unpaired) electrons. The van der Waals surface area contributed by atoms with E-state index in [1.54, 1.807) is 0 Å². The summed E-state index contributed by atoms with van der Waals surface area (Å²) < 4.78 is 0. The maximum Gasteiger partial charge on any atom is 0.0881 e. The van der Waals surface area contributed by atoms with E-state index in [9.17, 15) is 0 Å². The summed E-state index contributed by atoms with van der Waals surface area (Å²) in [5.41, 5.74) is 6.58. The molecule has 0 atom stereocenters. The van der Waals surface area contributed by atoms with Crippen molar-refractivity contribution >= 4 is 35.0 Å². The van der Waals surface area contributed by atoms with E-state index in [2.05, 4.69) is 92.0 Å². The number of fused-ring (bicyclic) bond motifs is 2. The molecule has 0 amide bonds. The molecule has 4 rings (SSSR count). The van der Waals surface area contributed by atoms with Crippen LogP contribution in [0.25, 0.3) is 6.58 Å². The van der Waals surface area contributed by atoms with Crippen molar-refractivity contribution in [3.63, 3.8) is 0 Å². The number of para-hydroxylation sites is 1. The maximum atomic E-state index is 4.90. The number of hydrogen-bond donors (Lipinski definition) is 0. The van der Waals surface area contributed by atoms with Crippen molar-refractivity contribution in [3.05, 3.63) is 76.8 Å². The summed E-state index contributed by atoms with van der Waals surface area (Å²) in [4.78, 5) is 9.29. The molecule has 3 nitrogen and oxygen atoms in total. The highest BCUT2D eigenvalue weighted by Crippen LogP contribution is 2.42. The van der Waals surface area contributed by atoms with Crippen LogP contribution in [0.1, 0.15) is 5.56 Å². The second kappa shape index (κ2) is 5.78. The molecule has 1 aliphatic heterocycles. The van der Waals surface area contributed by atoms with Crippen LogP contribution in [0.2, 0.25) is 0 Å². The molecular weight excluding hydrogens is 306 g/mol. The van der Waals surface area contributed by atoms with Crippen LogP contribution in [0.4, 0.5) is 28.4 Å². The SMILES string of the molecule is C=c1cc2c(cc1C)=Nc1ccc(N(C)C)cc1N2c1ccccc1. The molecule has 3 heteroatoms. The molecule has 1 heterocycles. The minimum Gasteiger partial charge on any atom is -0.378 e. The Labute approximate surface area is 148 Å². The Morgan fingerprint density at radius 3 is 2.40 bits per heavy atom. The van der Waals surface area contributed by atoms with Crippen LogP contribution in [-0.2, 0) is 0 Å². The topological polar surface area (TPSA) is 18.8 Å². The van der Waals surface area contributed by atoms with E-state index in [0.717, 1.165) is 44.6 Å². The summed E-state index contributed by atoms with van der Waals surface area (Å²) in [7, 11) is 4.11. The van der Waals surface area contributed by atoms with Crippen molar-refractivity contribution in [2.24, 2.45) is 4.99 Å². The molecule has 0 unspecified atom stereocenters. The third-order valence-corrected chi connectivity index (χ3v) is 4.65. The van der Waals surface area contributed by atoms with E-state index in [1.807, 2.05) is 6.07 Å². The number of benzene rings is 3. The molecule has 0 bridgehead atoms. The van der Waals surface area contributed by atoms with Gasteiger partial charge in [-0.25, -0.2) is 4.99 Å². The highest BCUT2D eigenvalue weighted by atomic mass is 15.2. The van der Waals surface area contributed by atoms with Gasteiger partial charge in [-0.1, -0.05) is 24.8 Å². The molecule has 124 valence electrons. The van der Waals surface area contributed by atoms with Crippen molar-refractivity contribution in [1.29, 1.82) is 0 Å². The van der Waals surface area contributed by atoms with Crippen LogP contribution in [-0.4, -0.2) is 14.1 Å². The average molecular weight is 327 g/mol. The number of aryl methyl sites for hydroxylation is 1. The van der Waals surface area contributed by atoms with Gasteiger partial charge in [0.2, 0.25) is 0 Å². The lowest BCUT2D eigenvalue weighted by Crippen LogP contribution is -2.26. The van der Waals surface area contributed by atoms with Gasteiger partial charge in [0.15, 0.2) is 0 Å². The van der Waals surface area contributed by atoms with Crippen molar-refractivity contribution in [2.75, 3.05) is 23.9 Å². The van der Waals surface area contributed by atoms with Crippen molar-refractivity contribution in [3.8, 4) is 0 Å². The predicted molar refractivity (Wildman–Crippen MR) is 106 cm³/mol. The summed E-state index contributed by atoms with van der Waals surface area (Å²) in [6.07, 6.45) is 0. The fraction of sp³-hybridized carbons (Fsp3) is 0.136. The molecule has 0 aliphatic carbocycles. The highest BCUT2D eigenvalue weighted by molar-refractivity contribution is 5.87. The Balaban J connectivity index is 2.06. The highest BCUT2D eigenvalue weighted by Gasteiger charge is 2.22. The van der Waals surface area contributed by atoms with Crippen molar-refractivity contribution in [2.45, 2.75) is 6.92 Å². The van der Waals surface area contributed by atoms with E-state index < -0.39 is 0 Å². The van der Waals surface area contributed by atoms with Crippen molar-refractivity contribution < 1.29 is 0 Å². The number of nitrogens with zero attached hydrogens (tertiary/aromatic N) is 3. The lowest BCUT2D eigenvalue weighted by atomic mass is 10.1. The number of anilines is 4. The zero-order chi connectivity index (χ0) is 17.6. The average Bonchev–Trinajstić information content (AvgIpc) is 2.61. The zero-order valence-electron chi connectivity index (χ0n) is 14.8. The Kier molecular flexibility index (Phi) is 3.57. The molecule has 0 spiro atoms. The molecule has 0 N–H and O–H groups in total. The molecule has 0 aromatic heterocycles. The second-order valence-electron chi connectivity index (χ2n) is 6.62. The van der Waals surface area contributed by atoms with E-state index in [-0.39, 0.29) is 0 Å². The molecule has 0 saturated carbocycles. The molecule has 0 saturated heterocycles. The summed E-state index contributed by atoms with van der Waals surface area (Å²) in [5.74, 6) is 0. The first-order chi connectivity index (χ1) is 12.0. The van der Waals surface area contributed by atoms with E-state index in [4.69, 9.17) is 4.99 Å². The van der Waals surface area contributed by atoms with E-state index >= 15 is 0 Å². The minimum absolute atomic E-state index is 0.984. The quantitative estimate of drug-likeness (QED) is 0.549. The van der Waals surface area contributed by atoms with Gasteiger partial charge in [0.05, 0.1) is 22.4 Å². The monoisotopic (exact) mass is 327 g/mol. The van der Waals surface area contributed by atoms with Gasteiger partial charge >= 0.3 is 0 Å². The molecular formula is C22H21N3. The Bertz CT molecular complexity index is 1050. The Morgan fingerprint density at radius 2 is 1.68 bits per heavy atom. The van der Waals surface area contributed by atoms with Gasteiger partial charge in [-0.05, 0) is 60.2 Å². The number of hydrogen-bond acceptors (Lipinski definition) is 3. The number of rotatable bonds is 2. The zero-order valence-corrected chi connectivity index (χ0v) is 14.8. The lowest BCUT2D eigenvalue weighted by molar-refractivity contribution is 1.11.